The number of nitrogens with zero attached hydrogens (tertiary/aromatic N) is 2. The van der Waals surface area contributed by atoms with Crippen LogP contribution >= 0.6 is 0 Å². The molecule has 2 aliphatic heterocycles. The normalized spacial score (nSPS) is 18.0. The topological polar surface area (TPSA) is 35.6 Å². The predicted octanol–water partition coefficient (Wildman–Crippen LogP) is 3.63. The number of nitrogens with one attached hydrogen (secondary N) is 1. The van der Waals surface area contributed by atoms with Gasteiger partial charge in [-0.25, -0.2) is 0 Å². The van der Waals surface area contributed by atoms with E-state index in [2.05, 4.69) is 33.3 Å². The fourth-order valence-electron chi connectivity index (χ4n) is 3.47. The van der Waals surface area contributed by atoms with Crippen molar-refractivity contribution in [2.75, 3.05) is 41.3 Å². The number of amides is 1. The monoisotopic (exact) mass is 301 g/mol. The van der Waals surface area contributed by atoms with Crippen molar-refractivity contribution in [2.24, 2.45) is 0 Å². The predicted molar refractivity (Wildman–Crippen MR) is 92.9 cm³/mol. The number of hydrogen-bond acceptors (Lipinski definition) is 3. The zero-order valence-electron chi connectivity index (χ0n) is 13.6. The van der Waals surface area contributed by atoms with Crippen LogP contribution < -0.4 is 15.1 Å². The van der Waals surface area contributed by atoms with Gasteiger partial charge in [-0.15, -0.1) is 0 Å². The molecule has 1 amide bonds. The van der Waals surface area contributed by atoms with Crippen LogP contribution in [-0.4, -0.2) is 32.1 Å². The van der Waals surface area contributed by atoms with Crippen molar-refractivity contribution in [3.8, 4) is 0 Å². The molecule has 0 aromatic heterocycles. The van der Waals surface area contributed by atoms with Crippen LogP contribution in [0.15, 0.2) is 18.2 Å². The summed E-state index contributed by atoms with van der Waals surface area (Å²) in [5.74, 6) is 0.126. The number of anilines is 3. The summed E-state index contributed by atoms with van der Waals surface area (Å²) in [6.07, 6.45) is 6.51. The molecule has 2 saturated heterocycles. The van der Waals surface area contributed by atoms with Crippen LogP contribution in [0.3, 0.4) is 0 Å². The third-order valence-electron chi connectivity index (χ3n) is 4.65. The van der Waals surface area contributed by atoms with E-state index in [0.717, 1.165) is 38.3 Å². The first-order chi connectivity index (χ1) is 10.8. The van der Waals surface area contributed by atoms with E-state index in [1.165, 1.54) is 37.1 Å². The SMILES string of the molecule is CCCC(=O)Nc1cc(N2CCCC2)ccc1N1CCCC1. The smallest absolute Gasteiger partial charge is 0.224 e. The van der Waals surface area contributed by atoms with E-state index in [-0.39, 0.29) is 5.91 Å². The number of carbonyl (C=O) groups is 1. The molecule has 2 aliphatic rings. The number of hydrogen-bond donors (Lipinski definition) is 1. The van der Waals surface area contributed by atoms with Gasteiger partial charge in [0.1, 0.15) is 0 Å². The molecule has 4 nitrogen and oxygen atoms in total. The molecule has 3 rings (SSSR count). The summed E-state index contributed by atoms with van der Waals surface area (Å²) in [6.45, 7) is 6.50. The van der Waals surface area contributed by atoms with Crippen molar-refractivity contribution in [2.45, 2.75) is 45.4 Å². The first kappa shape index (κ1) is 15.2. The highest BCUT2D eigenvalue weighted by Crippen LogP contribution is 2.34. The largest absolute Gasteiger partial charge is 0.371 e. The summed E-state index contributed by atoms with van der Waals surface area (Å²) in [5.41, 5.74) is 3.42. The van der Waals surface area contributed by atoms with Crippen LogP contribution in [0.4, 0.5) is 17.1 Å². The molecule has 0 radical (unpaired) electrons. The average Bonchev–Trinajstić information content (AvgIpc) is 3.21. The van der Waals surface area contributed by atoms with Gasteiger partial charge in [0.05, 0.1) is 11.4 Å². The van der Waals surface area contributed by atoms with E-state index >= 15 is 0 Å². The van der Waals surface area contributed by atoms with Gasteiger partial charge in [0.15, 0.2) is 0 Å². The van der Waals surface area contributed by atoms with Crippen LogP contribution in [0.1, 0.15) is 45.4 Å². The summed E-state index contributed by atoms with van der Waals surface area (Å²) in [6, 6.07) is 6.58. The molecule has 1 aromatic rings. The van der Waals surface area contributed by atoms with Gasteiger partial charge in [0.2, 0.25) is 5.91 Å². The molecule has 0 atom stereocenters. The quantitative estimate of drug-likeness (QED) is 0.902. The minimum absolute atomic E-state index is 0.126. The van der Waals surface area contributed by atoms with Crippen LogP contribution in [-0.2, 0) is 4.79 Å². The Labute approximate surface area is 133 Å². The Hall–Kier alpha value is -1.71. The molecule has 1 aromatic carbocycles. The van der Waals surface area contributed by atoms with E-state index in [1.807, 2.05) is 6.92 Å². The summed E-state index contributed by atoms with van der Waals surface area (Å²) >= 11 is 0. The van der Waals surface area contributed by atoms with Crippen molar-refractivity contribution < 1.29 is 4.79 Å². The van der Waals surface area contributed by atoms with Gasteiger partial charge in [0.25, 0.3) is 0 Å². The van der Waals surface area contributed by atoms with Crippen molar-refractivity contribution in [1.29, 1.82) is 0 Å². The van der Waals surface area contributed by atoms with Crippen LogP contribution in [0.5, 0.6) is 0 Å². The minimum Gasteiger partial charge on any atom is -0.371 e. The van der Waals surface area contributed by atoms with E-state index in [4.69, 9.17) is 0 Å². The van der Waals surface area contributed by atoms with Crippen molar-refractivity contribution in [3.63, 3.8) is 0 Å². The molecule has 0 unspecified atom stereocenters. The number of rotatable bonds is 5. The van der Waals surface area contributed by atoms with Gasteiger partial charge in [-0.2, -0.15) is 0 Å². The minimum atomic E-state index is 0.126. The molecule has 2 heterocycles. The Morgan fingerprint density at radius 2 is 1.68 bits per heavy atom. The lowest BCUT2D eigenvalue weighted by Gasteiger charge is -2.25. The summed E-state index contributed by atoms with van der Waals surface area (Å²) in [5, 5.41) is 3.14. The fourth-order valence-corrected chi connectivity index (χ4v) is 3.47. The molecule has 1 N–H and O–H groups in total. The van der Waals surface area contributed by atoms with Crippen LogP contribution in [0.2, 0.25) is 0 Å². The molecular weight excluding hydrogens is 274 g/mol. The average molecular weight is 301 g/mol. The van der Waals surface area contributed by atoms with Crippen molar-refractivity contribution in [3.05, 3.63) is 18.2 Å². The van der Waals surface area contributed by atoms with Crippen LogP contribution in [0.25, 0.3) is 0 Å². The Balaban J connectivity index is 1.85. The van der Waals surface area contributed by atoms with E-state index in [9.17, 15) is 4.79 Å². The Morgan fingerprint density at radius 1 is 1.05 bits per heavy atom. The van der Waals surface area contributed by atoms with Gasteiger partial charge in [-0.3, -0.25) is 4.79 Å². The highest BCUT2D eigenvalue weighted by molar-refractivity contribution is 5.95. The van der Waals surface area contributed by atoms with Crippen molar-refractivity contribution in [1.82, 2.24) is 0 Å². The molecule has 0 bridgehead atoms. The lowest BCUT2D eigenvalue weighted by molar-refractivity contribution is -0.116. The van der Waals surface area contributed by atoms with Crippen molar-refractivity contribution >= 4 is 23.0 Å². The second kappa shape index (κ2) is 7.03. The molecule has 0 spiro atoms. The van der Waals surface area contributed by atoms with E-state index in [0.29, 0.717) is 6.42 Å². The maximum Gasteiger partial charge on any atom is 0.224 e. The molecule has 4 heteroatoms. The number of carbonyl (C=O) groups excluding carboxylic acids is 1. The Morgan fingerprint density at radius 3 is 2.32 bits per heavy atom. The molecule has 22 heavy (non-hydrogen) atoms. The maximum atomic E-state index is 12.1. The van der Waals surface area contributed by atoms with E-state index < -0.39 is 0 Å². The summed E-state index contributed by atoms with van der Waals surface area (Å²) in [4.78, 5) is 16.9. The zero-order valence-corrected chi connectivity index (χ0v) is 13.6. The fraction of sp³-hybridized carbons (Fsp3) is 0.611. The maximum absolute atomic E-state index is 12.1. The molecule has 0 saturated carbocycles. The lowest BCUT2D eigenvalue weighted by atomic mass is 10.2. The first-order valence-electron chi connectivity index (χ1n) is 8.71. The summed E-state index contributed by atoms with van der Waals surface area (Å²) < 4.78 is 0. The van der Waals surface area contributed by atoms with Crippen LogP contribution in [0, 0.1) is 0 Å². The first-order valence-corrected chi connectivity index (χ1v) is 8.71. The number of benzene rings is 1. The van der Waals surface area contributed by atoms with Gasteiger partial charge in [-0.1, -0.05) is 6.92 Å². The van der Waals surface area contributed by atoms with E-state index in [1.54, 1.807) is 0 Å². The molecule has 0 aliphatic carbocycles. The van der Waals surface area contributed by atoms with Gasteiger partial charge in [-0.05, 0) is 50.3 Å². The second-order valence-electron chi connectivity index (χ2n) is 6.39. The summed E-state index contributed by atoms with van der Waals surface area (Å²) in [7, 11) is 0. The lowest BCUT2D eigenvalue weighted by Crippen LogP contribution is -2.22. The Kier molecular flexibility index (Phi) is 4.86. The molecule has 2 fully saturated rings. The van der Waals surface area contributed by atoms with Gasteiger partial charge < -0.3 is 15.1 Å². The second-order valence-corrected chi connectivity index (χ2v) is 6.39. The van der Waals surface area contributed by atoms with Gasteiger partial charge >= 0.3 is 0 Å². The zero-order chi connectivity index (χ0) is 15.4. The third kappa shape index (κ3) is 3.37. The standard InChI is InChI=1S/C18H27N3O/c1-2-7-18(22)19-16-14-15(20-10-3-4-11-20)8-9-17(16)21-12-5-6-13-21/h8-9,14H,2-7,10-13H2,1H3,(H,19,22). The molecule has 120 valence electrons. The highest BCUT2D eigenvalue weighted by atomic mass is 16.1. The third-order valence-corrected chi connectivity index (χ3v) is 4.65. The molecular formula is C18H27N3O. The van der Waals surface area contributed by atoms with Gasteiger partial charge in [0, 0.05) is 38.3 Å². The Bertz CT molecular complexity index is 517. The highest BCUT2D eigenvalue weighted by Gasteiger charge is 2.19.